The number of aryl methyl sites for hydroxylation is 1. The number of rotatable bonds is 4. The second kappa shape index (κ2) is 5.69. The molecular weight excluding hydrogens is 256 g/mol. The number of allylic oxidation sites excluding steroid dienone is 1. The Bertz CT molecular complexity index is 717. The van der Waals surface area contributed by atoms with Crippen LogP contribution in [0, 0.1) is 0 Å². The third-order valence-electron chi connectivity index (χ3n) is 3.05. The molecule has 0 atom stereocenters. The van der Waals surface area contributed by atoms with Crippen LogP contribution in [-0.4, -0.2) is 16.3 Å². The largest absolute Gasteiger partial charge is 0.504 e. The molecule has 106 valence electrons. The molecule has 2 aromatic rings. The molecule has 0 amide bonds. The number of hydrogen-bond acceptors (Lipinski definition) is 4. The summed E-state index contributed by atoms with van der Waals surface area (Å²) < 4.78 is 6.76. The number of aromatic nitrogens is 1. The van der Waals surface area contributed by atoms with E-state index >= 15 is 0 Å². The third kappa shape index (κ3) is 2.22. The van der Waals surface area contributed by atoms with Crippen molar-refractivity contribution in [2.75, 3.05) is 11.9 Å². The van der Waals surface area contributed by atoms with Gasteiger partial charge in [0.2, 0.25) is 5.75 Å². The number of anilines is 1. The molecule has 0 fully saturated rings. The Labute approximate surface area is 117 Å². The van der Waals surface area contributed by atoms with Gasteiger partial charge in [0.25, 0.3) is 5.56 Å². The van der Waals surface area contributed by atoms with Crippen LogP contribution in [0.4, 0.5) is 5.69 Å². The zero-order chi connectivity index (χ0) is 14.7. The number of fused-ring (bicyclic) bond motifs is 1. The summed E-state index contributed by atoms with van der Waals surface area (Å²) in [6.07, 6.45) is 3.61. The van der Waals surface area contributed by atoms with E-state index in [-0.39, 0.29) is 17.1 Å². The van der Waals surface area contributed by atoms with Crippen LogP contribution in [0.15, 0.2) is 35.3 Å². The minimum atomic E-state index is -0.347. The summed E-state index contributed by atoms with van der Waals surface area (Å²) in [6.45, 7) is 3.98. The summed E-state index contributed by atoms with van der Waals surface area (Å²) in [5.41, 5.74) is 1.01. The first kappa shape index (κ1) is 14.0. The maximum Gasteiger partial charge on any atom is 0.297 e. The van der Waals surface area contributed by atoms with E-state index in [2.05, 4.69) is 5.32 Å². The summed E-state index contributed by atoms with van der Waals surface area (Å²) in [5.74, 6) is -0.144. The second-order valence-electron chi connectivity index (χ2n) is 4.32. The number of aromatic hydroxyl groups is 1. The molecule has 0 spiro atoms. The number of nitrogens with one attached hydrogen (secondary N) is 1. The van der Waals surface area contributed by atoms with E-state index in [4.69, 9.17) is 4.74 Å². The van der Waals surface area contributed by atoms with Crippen LogP contribution in [0.2, 0.25) is 0 Å². The molecular formula is C15H18N2O3. The van der Waals surface area contributed by atoms with Crippen LogP contribution in [0.25, 0.3) is 10.9 Å². The van der Waals surface area contributed by atoms with Crippen molar-refractivity contribution in [2.24, 2.45) is 7.05 Å². The van der Waals surface area contributed by atoms with Crippen molar-refractivity contribution in [1.29, 1.82) is 0 Å². The van der Waals surface area contributed by atoms with Gasteiger partial charge in [-0.2, -0.15) is 0 Å². The molecule has 20 heavy (non-hydrogen) atoms. The highest BCUT2D eigenvalue weighted by molar-refractivity contribution is 5.98. The van der Waals surface area contributed by atoms with Crippen molar-refractivity contribution in [3.05, 3.63) is 40.8 Å². The van der Waals surface area contributed by atoms with Gasteiger partial charge in [0.1, 0.15) is 0 Å². The highest BCUT2D eigenvalue weighted by Gasteiger charge is 2.17. The number of hydrogen-bond donors (Lipinski definition) is 2. The summed E-state index contributed by atoms with van der Waals surface area (Å²) >= 11 is 0. The zero-order valence-electron chi connectivity index (χ0n) is 11.8. The Morgan fingerprint density at radius 2 is 2.20 bits per heavy atom. The average molecular weight is 274 g/mol. The first-order valence-corrected chi connectivity index (χ1v) is 6.47. The van der Waals surface area contributed by atoms with Gasteiger partial charge in [-0.1, -0.05) is 12.1 Å². The van der Waals surface area contributed by atoms with Crippen LogP contribution < -0.4 is 15.6 Å². The minimum Gasteiger partial charge on any atom is -0.504 e. The van der Waals surface area contributed by atoms with Gasteiger partial charge in [-0.3, -0.25) is 4.79 Å². The summed E-state index contributed by atoms with van der Waals surface area (Å²) in [6, 6.07) is 5.45. The Kier molecular flexibility index (Phi) is 3.98. The Balaban J connectivity index is 2.83. The summed E-state index contributed by atoms with van der Waals surface area (Å²) in [4.78, 5) is 12.2. The SMILES string of the molecule is CC=CNc1cccc2c1c(O)c(OCC)c(=O)n2C. The molecule has 5 heteroatoms. The van der Waals surface area contributed by atoms with Gasteiger partial charge in [0.05, 0.1) is 23.2 Å². The quantitative estimate of drug-likeness (QED) is 0.899. The van der Waals surface area contributed by atoms with Crippen LogP contribution in [0.3, 0.4) is 0 Å². The van der Waals surface area contributed by atoms with E-state index in [1.54, 1.807) is 26.2 Å². The normalized spacial score (nSPS) is 11.2. The molecule has 1 heterocycles. The van der Waals surface area contributed by atoms with Gasteiger partial charge in [-0.15, -0.1) is 0 Å². The molecule has 2 N–H and O–H groups in total. The van der Waals surface area contributed by atoms with Crippen molar-refractivity contribution in [3.63, 3.8) is 0 Å². The molecule has 2 rings (SSSR count). The van der Waals surface area contributed by atoms with E-state index in [0.717, 1.165) is 5.69 Å². The number of nitrogens with zero attached hydrogens (tertiary/aromatic N) is 1. The molecule has 0 bridgehead atoms. The third-order valence-corrected chi connectivity index (χ3v) is 3.05. The van der Waals surface area contributed by atoms with Gasteiger partial charge in [-0.05, 0) is 32.2 Å². The van der Waals surface area contributed by atoms with Gasteiger partial charge >= 0.3 is 0 Å². The molecule has 1 aromatic heterocycles. The molecule has 0 radical (unpaired) electrons. The standard InChI is InChI=1S/C15H18N2O3/c1-4-9-16-10-7-6-8-11-12(10)13(18)14(20-5-2)15(19)17(11)3/h4,6-9,16,18H,5H2,1-3H3. The number of pyridine rings is 1. The molecule has 0 aliphatic carbocycles. The lowest BCUT2D eigenvalue weighted by molar-refractivity contribution is 0.313. The molecule has 0 saturated carbocycles. The predicted molar refractivity (Wildman–Crippen MR) is 80.5 cm³/mol. The van der Waals surface area contributed by atoms with Crippen molar-refractivity contribution in [3.8, 4) is 11.5 Å². The van der Waals surface area contributed by atoms with E-state index in [1.807, 2.05) is 25.1 Å². The molecule has 0 saturated heterocycles. The zero-order valence-corrected chi connectivity index (χ0v) is 11.8. The molecule has 5 nitrogen and oxygen atoms in total. The minimum absolute atomic E-state index is 0.0165. The molecule has 1 aromatic carbocycles. The van der Waals surface area contributed by atoms with Crippen molar-refractivity contribution in [1.82, 2.24) is 4.57 Å². The Morgan fingerprint density at radius 1 is 1.45 bits per heavy atom. The number of ether oxygens (including phenoxy) is 1. The van der Waals surface area contributed by atoms with Crippen molar-refractivity contribution in [2.45, 2.75) is 13.8 Å². The Morgan fingerprint density at radius 3 is 2.85 bits per heavy atom. The summed E-state index contributed by atoms with van der Waals surface area (Å²) in [5, 5.41) is 14.0. The second-order valence-corrected chi connectivity index (χ2v) is 4.32. The first-order chi connectivity index (χ1) is 9.61. The number of benzene rings is 1. The predicted octanol–water partition coefficient (Wildman–Crippen LogP) is 2.59. The molecule has 0 aliphatic heterocycles. The van der Waals surface area contributed by atoms with Gasteiger partial charge < -0.3 is 19.7 Å². The molecule has 0 aliphatic rings. The van der Waals surface area contributed by atoms with Gasteiger partial charge in [0.15, 0.2) is 5.75 Å². The maximum atomic E-state index is 12.2. The topological polar surface area (TPSA) is 63.5 Å². The van der Waals surface area contributed by atoms with Crippen molar-refractivity contribution >= 4 is 16.6 Å². The fourth-order valence-corrected chi connectivity index (χ4v) is 2.11. The van der Waals surface area contributed by atoms with E-state index in [0.29, 0.717) is 17.5 Å². The average Bonchev–Trinajstić information content (AvgIpc) is 2.46. The fraction of sp³-hybridized carbons (Fsp3) is 0.267. The van der Waals surface area contributed by atoms with Crippen LogP contribution in [-0.2, 0) is 7.05 Å². The van der Waals surface area contributed by atoms with Gasteiger partial charge in [-0.25, -0.2) is 0 Å². The highest BCUT2D eigenvalue weighted by Crippen LogP contribution is 2.36. The maximum absolute atomic E-state index is 12.2. The monoisotopic (exact) mass is 274 g/mol. The lowest BCUT2D eigenvalue weighted by atomic mass is 10.1. The first-order valence-electron chi connectivity index (χ1n) is 6.47. The summed E-state index contributed by atoms with van der Waals surface area (Å²) in [7, 11) is 1.66. The molecule has 0 unspecified atom stereocenters. The van der Waals surface area contributed by atoms with E-state index in [1.165, 1.54) is 4.57 Å². The van der Waals surface area contributed by atoms with Crippen LogP contribution in [0.1, 0.15) is 13.8 Å². The van der Waals surface area contributed by atoms with E-state index < -0.39 is 0 Å². The lowest BCUT2D eigenvalue weighted by Crippen LogP contribution is -2.20. The lowest BCUT2D eigenvalue weighted by Gasteiger charge is -2.14. The smallest absolute Gasteiger partial charge is 0.297 e. The van der Waals surface area contributed by atoms with E-state index in [9.17, 15) is 9.90 Å². The van der Waals surface area contributed by atoms with Gasteiger partial charge in [0, 0.05) is 7.05 Å². The van der Waals surface area contributed by atoms with Crippen LogP contribution in [0.5, 0.6) is 11.5 Å². The van der Waals surface area contributed by atoms with Crippen molar-refractivity contribution < 1.29 is 9.84 Å². The highest BCUT2D eigenvalue weighted by atomic mass is 16.5. The van der Waals surface area contributed by atoms with Crippen LogP contribution >= 0.6 is 0 Å². The Hall–Kier alpha value is -2.43. The fourth-order valence-electron chi connectivity index (χ4n) is 2.11.